The van der Waals surface area contributed by atoms with Crippen LogP contribution in [0.2, 0.25) is 0 Å². The Morgan fingerprint density at radius 1 is 0.967 bits per heavy atom. The number of rotatable bonds is 8. The number of benzene rings is 2. The van der Waals surface area contributed by atoms with Crippen molar-refractivity contribution >= 4 is 32.8 Å². The van der Waals surface area contributed by atoms with E-state index in [2.05, 4.69) is 97.1 Å². The van der Waals surface area contributed by atoms with Gasteiger partial charge in [0.1, 0.15) is 12.1 Å². The lowest BCUT2D eigenvalue weighted by Gasteiger charge is -2.18. The van der Waals surface area contributed by atoms with Gasteiger partial charge in [-0.05, 0) is 42.9 Å². The molecule has 0 spiro atoms. The van der Waals surface area contributed by atoms with Crippen LogP contribution in [0.5, 0.6) is 0 Å². The van der Waals surface area contributed by atoms with Gasteiger partial charge in [0.15, 0.2) is 5.65 Å². The fraction of sp³-hybridized carbons (Fsp3) is 0.250. The molecule has 2 aromatic heterocycles. The number of hydrogen-bond donors (Lipinski definition) is 1. The highest BCUT2D eigenvalue weighted by Gasteiger charge is 2.17. The van der Waals surface area contributed by atoms with Gasteiger partial charge < -0.3 is 14.8 Å². The molecule has 0 aliphatic heterocycles. The number of anilines is 1. The van der Waals surface area contributed by atoms with E-state index < -0.39 is 0 Å². The number of nitrogens with one attached hydrogen (secondary N) is 1. The van der Waals surface area contributed by atoms with Crippen molar-refractivity contribution in [3.05, 3.63) is 71.6 Å². The standard InChI is InChI=1S/C24H26BrN5/c1-3-29(4-2)15-14-26-23-22-21(18-8-6-5-7-9-18)16-30(24(22)28-17-27-23)20-12-10-19(25)11-13-20/h5-13,16-17H,3-4,14-15H2,1-2H3,(H,26,27,28). The van der Waals surface area contributed by atoms with Crippen LogP contribution in [0.4, 0.5) is 5.82 Å². The van der Waals surface area contributed by atoms with E-state index in [1.165, 1.54) is 0 Å². The number of nitrogens with zero attached hydrogens (tertiary/aromatic N) is 4. The molecular formula is C24H26BrN5. The van der Waals surface area contributed by atoms with Crippen molar-refractivity contribution in [2.24, 2.45) is 0 Å². The maximum absolute atomic E-state index is 4.65. The van der Waals surface area contributed by atoms with Crippen LogP contribution in [0, 0.1) is 0 Å². The molecule has 0 bridgehead atoms. The molecule has 0 saturated heterocycles. The third-order valence-corrected chi connectivity index (χ3v) is 5.92. The summed E-state index contributed by atoms with van der Waals surface area (Å²) in [6.45, 7) is 8.30. The second kappa shape index (κ2) is 9.41. The quantitative estimate of drug-likeness (QED) is 0.369. The van der Waals surface area contributed by atoms with E-state index in [1.807, 2.05) is 18.2 Å². The molecule has 4 rings (SSSR count). The minimum absolute atomic E-state index is 0.839. The van der Waals surface area contributed by atoms with Crippen LogP contribution in [-0.4, -0.2) is 45.6 Å². The third kappa shape index (κ3) is 4.25. The molecule has 6 heteroatoms. The van der Waals surface area contributed by atoms with Crippen LogP contribution in [0.25, 0.3) is 27.8 Å². The van der Waals surface area contributed by atoms with Gasteiger partial charge >= 0.3 is 0 Å². The van der Waals surface area contributed by atoms with E-state index in [-0.39, 0.29) is 0 Å². The summed E-state index contributed by atoms with van der Waals surface area (Å²) >= 11 is 3.52. The largest absolute Gasteiger partial charge is 0.368 e. The first-order chi connectivity index (χ1) is 14.7. The van der Waals surface area contributed by atoms with Crippen molar-refractivity contribution in [2.45, 2.75) is 13.8 Å². The first-order valence-corrected chi connectivity index (χ1v) is 11.1. The molecule has 0 unspecified atom stereocenters. The van der Waals surface area contributed by atoms with Gasteiger partial charge in [0.2, 0.25) is 0 Å². The van der Waals surface area contributed by atoms with Gasteiger partial charge in [0.25, 0.3) is 0 Å². The molecule has 0 atom stereocenters. The predicted molar refractivity (Wildman–Crippen MR) is 128 cm³/mol. The molecule has 2 heterocycles. The zero-order chi connectivity index (χ0) is 20.9. The lowest BCUT2D eigenvalue weighted by molar-refractivity contribution is 0.316. The molecule has 0 amide bonds. The van der Waals surface area contributed by atoms with Gasteiger partial charge in [-0.25, -0.2) is 9.97 Å². The molecule has 30 heavy (non-hydrogen) atoms. The van der Waals surface area contributed by atoms with Crippen molar-refractivity contribution < 1.29 is 0 Å². The first-order valence-electron chi connectivity index (χ1n) is 10.3. The van der Waals surface area contributed by atoms with Gasteiger partial charge in [-0.15, -0.1) is 0 Å². The molecule has 0 saturated carbocycles. The third-order valence-electron chi connectivity index (χ3n) is 5.39. The number of halogens is 1. The minimum atomic E-state index is 0.839. The predicted octanol–water partition coefficient (Wildman–Crippen LogP) is 5.60. The maximum Gasteiger partial charge on any atom is 0.150 e. The summed E-state index contributed by atoms with van der Waals surface area (Å²) in [7, 11) is 0. The Morgan fingerprint density at radius 2 is 1.70 bits per heavy atom. The molecule has 0 aliphatic carbocycles. The molecule has 0 radical (unpaired) electrons. The van der Waals surface area contributed by atoms with E-state index >= 15 is 0 Å². The monoisotopic (exact) mass is 463 g/mol. The van der Waals surface area contributed by atoms with Crippen LogP contribution in [-0.2, 0) is 0 Å². The molecule has 154 valence electrons. The van der Waals surface area contributed by atoms with Crippen molar-refractivity contribution in [1.82, 2.24) is 19.4 Å². The Morgan fingerprint density at radius 3 is 2.40 bits per heavy atom. The van der Waals surface area contributed by atoms with E-state index in [0.717, 1.165) is 64.3 Å². The van der Waals surface area contributed by atoms with E-state index in [1.54, 1.807) is 6.33 Å². The van der Waals surface area contributed by atoms with Crippen LogP contribution >= 0.6 is 15.9 Å². The Kier molecular flexibility index (Phi) is 6.45. The second-order valence-corrected chi connectivity index (χ2v) is 8.05. The highest BCUT2D eigenvalue weighted by atomic mass is 79.9. The van der Waals surface area contributed by atoms with Gasteiger partial charge in [-0.1, -0.05) is 60.1 Å². The maximum atomic E-state index is 4.65. The number of aromatic nitrogens is 3. The molecule has 4 aromatic rings. The van der Waals surface area contributed by atoms with E-state index in [9.17, 15) is 0 Å². The summed E-state index contributed by atoms with van der Waals surface area (Å²) in [5.74, 6) is 0.877. The number of likely N-dealkylation sites (N-methyl/N-ethyl adjacent to an activating group) is 1. The van der Waals surface area contributed by atoms with Crippen LogP contribution in [0.3, 0.4) is 0 Å². The highest BCUT2D eigenvalue weighted by molar-refractivity contribution is 9.10. The summed E-state index contributed by atoms with van der Waals surface area (Å²) in [5, 5.41) is 4.60. The van der Waals surface area contributed by atoms with Gasteiger partial charge in [-0.3, -0.25) is 0 Å². The molecule has 2 aromatic carbocycles. The molecule has 0 fully saturated rings. The van der Waals surface area contributed by atoms with Gasteiger partial charge in [0.05, 0.1) is 5.39 Å². The lowest BCUT2D eigenvalue weighted by atomic mass is 10.1. The minimum Gasteiger partial charge on any atom is -0.368 e. The normalized spacial score (nSPS) is 11.3. The Labute approximate surface area is 185 Å². The summed E-state index contributed by atoms with van der Waals surface area (Å²) < 4.78 is 3.20. The van der Waals surface area contributed by atoms with Crippen LogP contribution in [0.15, 0.2) is 71.6 Å². The fourth-order valence-electron chi connectivity index (χ4n) is 3.70. The highest BCUT2D eigenvalue weighted by Crippen LogP contribution is 2.35. The zero-order valence-electron chi connectivity index (χ0n) is 17.3. The number of fused-ring (bicyclic) bond motifs is 1. The summed E-state index contributed by atoms with van der Waals surface area (Å²) in [6.07, 6.45) is 3.81. The summed E-state index contributed by atoms with van der Waals surface area (Å²) in [4.78, 5) is 11.7. The average molecular weight is 464 g/mol. The van der Waals surface area contributed by atoms with Crippen molar-refractivity contribution in [3.63, 3.8) is 0 Å². The summed E-state index contributed by atoms with van der Waals surface area (Å²) in [6, 6.07) is 18.7. The molecular weight excluding hydrogens is 438 g/mol. The van der Waals surface area contributed by atoms with E-state index in [0.29, 0.717) is 0 Å². The van der Waals surface area contributed by atoms with E-state index in [4.69, 9.17) is 0 Å². The molecule has 1 N–H and O–H groups in total. The summed E-state index contributed by atoms with van der Waals surface area (Å²) in [5.41, 5.74) is 4.24. The lowest BCUT2D eigenvalue weighted by Crippen LogP contribution is -2.28. The Hall–Kier alpha value is -2.70. The van der Waals surface area contributed by atoms with Gasteiger partial charge in [0, 0.05) is 35.0 Å². The average Bonchev–Trinajstić information content (AvgIpc) is 3.18. The van der Waals surface area contributed by atoms with Gasteiger partial charge in [-0.2, -0.15) is 0 Å². The van der Waals surface area contributed by atoms with Crippen LogP contribution < -0.4 is 5.32 Å². The Balaban J connectivity index is 1.80. The first kappa shape index (κ1) is 20.6. The Bertz CT molecular complexity index is 1100. The topological polar surface area (TPSA) is 46.0 Å². The smallest absolute Gasteiger partial charge is 0.150 e. The van der Waals surface area contributed by atoms with Crippen molar-refractivity contribution in [1.29, 1.82) is 0 Å². The fourth-order valence-corrected chi connectivity index (χ4v) is 3.97. The molecule has 0 aliphatic rings. The van der Waals surface area contributed by atoms with Crippen LogP contribution in [0.1, 0.15) is 13.8 Å². The zero-order valence-corrected chi connectivity index (χ0v) is 18.9. The second-order valence-electron chi connectivity index (χ2n) is 7.13. The SMILES string of the molecule is CCN(CC)CCNc1ncnc2c1c(-c1ccccc1)cn2-c1ccc(Br)cc1. The molecule has 5 nitrogen and oxygen atoms in total. The van der Waals surface area contributed by atoms with Crippen molar-refractivity contribution in [2.75, 3.05) is 31.5 Å². The number of hydrogen-bond acceptors (Lipinski definition) is 4. The van der Waals surface area contributed by atoms with Crippen molar-refractivity contribution in [3.8, 4) is 16.8 Å².